The molecule has 162 valence electrons. The molecule has 7 nitrogen and oxygen atoms in total. The first-order valence-corrected chi connectivity index (χ1v) is 14.4. The molecule has 1 aliphatic carbocycles. The van der Waals surface area contributed by atoms with E-state index in [0.29, 0.717) is 36.0 Å². The minimum Gasteiger partial charge on any atom is -0.361 e. The third-order valence-electron chi connectivity index (χ3n) is 5.77. The Labute approximate surface area is 179 Å². The Balaban J connectivity index is 1.85. The highest BCUT2D eigenvalue weighted by molar-refractivity contribution is 6.76. The molecule has 1 aliphatic rings. The summed E-state index contributed by atoms with van der Waals surface area (Å²) in [7, 11) is -1.17. The highest BCUT2D eigenvalue weighted by atomic mass is 28.3. The number of amides is 1. The summed E-state index contributed by atoms with van der Waals surface area (Å²) >= 11 is 0. The van der Waals surface area contributed by atoms with Crippen molar-refractivity contribution in [3.8, 4) is 6.07 Å². The zero-order valence-electron chi connectivity index (χ0n) is 19.0. The molecule has 0 unspecified atom stereocenters. The van der Waals surface area contributed by atoms with Crippen LogP contribution in [-0.4, -0.2) is 41.2 Å². The second kappa shape index (κ2) is 8.48. The van der Waals surface area contributed by atoms with E-state index < -0.39 is 13.5 Å². The number of carbonyl (C=O) groups excluding carboxylic acids is 1. The first-order valence-electron chi connectivity index (χ1n) is 10.7. The Hall–Kier alpha value is -2.24. The molecule has 0 spiro atoms. The number of rotatable bonds is 9. The summed E-state index contributed by atoms with van der Waals surface area (Å²) in [6.45, 7) is 13.5. The Morgan fingerprint density at radius 2 is 2.13 bits per heavy atom. The van der Waals surface area contributed by atoms with Gasteiger partial charge in [0.25, 0.3) is 5.91 Å². The van der Waals surface area contributed by atoms with Gasteiger partial charge in [-0.05, 0) is 39.7 Å². The van der Waals surface area contributed by atoms with E-state index >= 15 is 0 Å². The van der Waals surface area contributed by atoms with Gasteiger partial charge >= 0.3 is 0 Å². The predicted molar refractivity (Wildman–Crippen MR) is 120 cm³/mol. The Bertz CT molecular complexity index is 966. The van der Waals surface area contributed by atoms with Gasteiger partial charge in [-0.3, -0.25) is 4.79 Å². The summed E-state index contributed by atoms with van der Waals surface area (Å²) < 4.78 is 7.75. The third kappa shape index (κ3) is 5.27. The van der Waals surface area contributed by atoms with Crippen LogP contribution >= 0.6 is 0 Å². The molecule has 1 fully saturated rings. The Morgan fingerprint density at radius 3 is 2.73 bits per heavy atom. The molecule has 0 radical (unpaired) electrons. The first kappa shape index (κ1) is 22.4. The molecule has 2 aromatic rings. The van der Waals surface area contributed by atoms with E-state index in [-0.39, 0.29) is 11.9 Å². The van der Waals surface area contributed by atoms with Crippen molar-refractivity contribution in [2.45, 2.75) is 78.0 Å². The SMILES string of the molecule is C[C@H](NC(=O)c1cn(COCC[Si](C)(C)C)c2ncc(C3CC3)nc12)C(C)(C)C#N. The number of fused-ring (bicyclic) bond motifs is 1. The van der Waals surface area contributed by atoms with Crippen molar-refractivity contribution in [1.29, 1.82) is 5.26 Å². The van der Waals surface area contributed by atoms with Crippen LogP contribution < -0.4 is 5.32 Å². The van der Waals surface area contributed by atoms with Gasteiger partial charge in [0.2, 0.25) is 0 Å². The molecule has 3 rings (SSSR count). The monoisotopic (exact) mass is 427 g/mol. The van der Waals surface area contributed by atoms with Gasteiger partial charge < -0.3 is 14.6 Å². The number of hydrogen-bond donors (Lipinski definition) is 1. The fraction of sp³-hybridized carbons (Fsp3) is 0.636. The lowest BCUT2D eigenvalue weighted by Gasteiger charge is -2.25. The predicted octanol–water partition coefficient (Wildman–Crippen LogP) is 4.29. The average Bonchev–Trinajstić information content (AvgIpc) is 3.46. The maximum atomic E-state index is 13.1. The molecule has 1 N–H and O–H groups in total. The molecule has 0 bridgehead atoms. The molecule has 8 heteroatoms. The van der Waals surface area contributed by atoms with Crippen molar-refractivity contribution >= 4 is 25.1 Å². The lowest BCUT2D eigenvalue weighted by molar-refractivity contribution is 0.0886. The lowest BCUT2D eigenvalue weighted by atomic mass is 9.87. The lowest BCUT2D eigenvalue weighted by Crippen LogP contribution is -2.42. The summed E-state index contributed by atoms with van der Waals surface area (Å²) in [4.78, 5) is 22.5. The van der Waals surface area contributed by atoms with Crippen LogP contribution in [0.4, 0.5) is 0 Å². The van der Waals surface area contributed by atoms with Crippen LogP contribution in [0, 0.1) is 16.7 Å². The molecule has 0 aliphatic heterocycles. The highest BCUT2D eigenvalue weighted by Gasteiger charge is 2.30. The zero-order valence-corrected chi connectivity index (χ0v) is 20.0. The van der Waals surface area contributed by atoms with Gasteiger partial charge in [-0.2, -0.15) is 5.26 Å². The van der Waals surface area contributed by atoms with Crippen molar-refractivity contribution < 1.29 is 9.53 Å². The summed E-state index contributed by atoms with van der Waals surface area (Å²) in [5.74, 6) is 0.213. The molecular formula is C22H33N5O2Si. The Kier molecular flexibility index (Phi) is 6.34. The summed E-state index contributed by atoms with van der Waals surface area (Å²) in [6, 6.07) is 3.03. The first-order chi connectivity index (χ1) is 14.0. The van der Waals surface area contributed by atoms with Crippen molar-refractivity contribution in [3.05, 3.63) is 23.7 Å². The molecule has 0 saturated heterocycles. The molecular weight excluding hydrogens is 394 g/mol. The normalized spacial score (nSPS) is 15.8. The van der Waals surface area contributed by atoms with Crippen molar-refractivity contribution in [1.82, 2.24) is 19.9 Å². The minimum absolute atomic E-state index is 0.237. The van der Waals surface area contributed by atoms with Crippen LogP contribution in [0.3, 0.4) is 0 Å². The van der Waals surface area contributed by atoms with E-state index in [9.17, 15) is 10.1 Å². The number of nitriles is 1. The van der Waals surface area contributed by atoms with Gasteiger partial charge in [0.05, 0.1) is 28.9 Å². The molecule has 2 heterocycles. The van der Waals surface area contributed by atoms with E-state index in [1.54, 1.807) is 6.20 Å². The van der Waals surface area contributed by atoms with Crippen LogP contribution in [0.5, 0.6) is 0 Å². The molecule has 1 saturated carbocycles. The van der Waals surface area contributed by atoms with E-state index in [0.717, 1.165) is 24.6 Å². The highest BCUT2D eigenvalue weighted by Crippen LogP contribution is 2.39. The van der Waals surface area contributed by atoms with Gasteiger partial charge in [0.1, 0.15) is 12.2 Å². The zero-order chi connectivity index (χ0) is 22.1. The standard InChI is InChI=1S/C22H33N5O2Si/c1-15(22(2,3)13-23)25-21(28)17-12-27(14-29-9-10-30(4,5)6)20-19(17)26-18(11-24-20)16-7-8-16/h11-12,15-16H,7-10,14H2,1-6H3,(H,25,28)/t15-/m0/s1. The maximum Gasteiger partial charge on any atom is 0.255 e. The van der Waals surface area contributed by atoms with E-state index in [2.05, 4.69) is 36.0 Å². The van der Waals surface area contributed by atoms with Crippen LogP contribution in [0.25, 0.3) is 11.2 Å². The smallest absolute Gasteiger partial charge is 0.255 e. The molecule has 1 atom stereocenters. The van der Waals surface area contributed by atoms with Gasteiger partial charge in [-0.25, -0.2) is 9.97 Å². The molecule has 1 amide bonds. The van der Waals surface area contributed by atoms with E-state index in [1.807, 2.05) is 31.5 Å². The quantitative estimate of drug-likeness (QED) is 0.476. The number of nitrogens with zero attached hydrogens (tertiary/aromatic N) is 4. The fourth-order valence-electron chi connectivity index (χ4n) is 3.00. The minimum atomic E-state index is -1.17. The third-order valence-corrected chi connectivity index (χ3v) is 7.47. The molecule has 30 heavy (non-hydrogen) atoms. The molecule has 2 aromatic heterocycles. The summed E-state index contributed by atoms with van der Waals surface area (Å²) in [5.41, 5.74) is 2.02. The van der Waals surface area contributed by atoms with Crippen LogP contribution in [-0.2, 0) is 11.5 Å². The number of hydrogen-bond acceptors (Lipinski definition) is 5. The van der Waals surface area contributed by atoms with E-state index in [4.69, 9.17) is 9.72 Å². The van der Waals surface area contributed by atoms with Crippen molar-refractivity contribution in [3.63, 3.8) is 0 Å². The second-order valence-electron chi connectivity index (χ2n) is 10.1. The number of ether oxygens (including phenoxy) is 1. The van der Waals surface area contributed by atoms with Gasteiger partial charge in [0.15, 0.2) is 5.65 Å². The summed E-state index contributed by atoms with van der Waals surface area (Å²) in [6.07, 6.45) is 5.84. The maximum absolute atomic E-state index is 13.1. The van der Waals surface area contributed by atoms with E-state index in [1.165, 1.54) is 0 Å². The van der Waals surface area contributed by atoms with Gasteiger partial charge in [0, 0.05) is 32.8 Å². The molecule has 0 aromatic carbocycles. The topological polar surface area (TPSA) is 92.8 Å². The summed E-state index contributed by atoms with van der Waals surface area (Å²) in [5, 5.41) is 12.3. The largest absolute Gasteiger partial charge is 0.361 e. The van der Waals surface area contributed by atoms with Crippen LogP contribution in [0.2, 0.25) is 25.7 Å². The van der Waals surface area contributed by atoms with Gasteiger partial charge in [-0.1, -0.05) is 19.6 Å². The number of nitrogens with one attached hydrogen (secondary N) is 1. The van der Waals surface area contributed by atoms with Crippen LogP contribution in [0.1, 0.15) is 55.6 Å². The Morgan fingerprint density at radius 1 is 1.43 bits per heavy atom. The van der Waals surface area contributed by atoms with Crippen molar-refractivity contribution in [2.75, 3.05) is 6.61 Å². The van der Waals surface area contributed by atoms with Gasteiger partial charge in [-0.15, -0.1) is 0 Å². The number of carbonyl (C=O) groups is 1. The average molecular weight is 428 g/mol. The second-order valence-corrected chi connectivity index (χ2v) is 15.8. The van der Waals surface area contributed by atoms with Crippen LogP contribution in [0.15, 0.2) is 12.4 Å². The van der Waals surface area contributed by atoms with Crippen molar-refractivity contribution in [2.24, 2.45) is 5.41 Å². The number of aromatic nitrogens is 3. The fourth-order valence-corrected chi connectivity index (χ4v) is 3.76.